The molecule has 2 atom stereocenters. The van der Waals surface area contributed by atoms with Gasteiger partial charge in [0.05, 0.1) is 18.6 Å². The molecule has 0 aromatic heterocycles. The van der Waals surface area contributed by atoms with Crippen LogP contribution in [0.2, 0.25) is 0 Å². The molecule has 1 aromatic carbocycles. The molecule has 21 heavy (non-hydrogen) atoms. The number of benzene rings is 1. The van der Waals surface area contributed by atoms with Crippen LogP contribution in [0.25, 0.3) is 0 Å². The summed E-state index contributed by atoms with van der Waals surface area (Å²) in [5.41, 5.74) is 0.944. The fourth-order valence-corrected chi connectivity index (χ4v) is 2.69. The lowest BCUT2D eigenvalue weighted by molar-refractivity contribution is -0.134. The number of rotatable bonds is 5. The number of carbonyl (C=O) groups is 1. The first-order valence-corrected chi connectivity index (χ1v) is 7.43. The minimum atomic E-state index is -0.448. The van der Waals surface area contributed by atoms with Gasteiger partial charge in [0, 0.05) is 18.7 Å². The van der Waals surface area contributed by atoms with E-state index in [-0.39, 0.29) is 36.6 Å². The van der Waals surface area contributed by atoms with Gasteiger partial charge in [0.15, 0.2) is 0 Å². The van der Waals surface area contributed by atoms with Crippen molar-refractivity contribution in [3.63, 3.8) is 0 Å². The maximum Gasteiger partial charge on any atom is 0.225 e. The predicted octanol–water partition coefficient (Wildman–Crippen LogP) is 2.14. The highest BCUT2D eigenvalue weighted by Crippen LogP contribution is 2.23. The average molecular weight is 295 g/mol. The van der Waals surface area contributed by atoms with Crippen molar-refractivity contribution >= 4 is 5.91 Å². The molecule has 1 fully saturated rings. The second-order valence-electron chi connectivity index (χ2n) is 5.37. The molecule has 1 aliphatic heterocycles. The molecule has 0 aliphatic carbocycles. The molecule has 0 spiro atoms. The summed E-state index contributed by atoms with van der Waals surface area (Å²) in [7, 11) is 0. The number of hydrogen-bond acceptors (Lipinski definition) is 3. The van der Waals surface area contributed by atoms with Crippen LogP contribution in [0.15, 0.2) is 18.2 Å². The summed E-state index contributed by atoms with van der Waals surface area (Å²) in [6.45, 7) is 2.69. The first-order valence-electron chi connectivity index (χ1n) is 7.43. The third-order valence-corrected chi connectivity index (χ3v) is 3.93. The number of nitrogens with one attached hydrogen (secondary N) is 1. The third-order valence-electron chi connectivity index (χ3n) is 3.93. The summed E-state index contributed by atoms with van der Waals surface area (Å²) in [6.07, 6.45) is 2.53. The number of aliphatic hydroxyl groups is 1. The van der Waals surface area contributed by atoms with Crippen LogP contribution in [0.3, 0.4) is 0 Å². The minimum absolute atomic E-state index is 0.0211. The van der Waals surface area contributed by atoms with Gasteiger partial charge < -0.3 is 15.2 Å². The lowest BCUT2D eigenvalue weighted by atomic mass is 9.92. The molecule has 1 heterocycles. The topological polar surface area (TPSA) is 58.6 Å². The van der Waals surface area contributed by atoms with Gasteiger partial charge in [-0.1, -0.05) is 19.1 Å². The number of carbonyl (C=O) groups excluding carboxylic acids is 1. The van der Waals surface area contributed by atoms with Gasteiger partial charge in [-0.2, -0.15) is 0 Å². The summed E-state index contributed by atoms with van der Waals surface area (Å²) < 4.78 is 19.2. The molecule has 5 heteroatoms. The number of aliphatic hydroxyl groups excluding tert-OH is 1. The van der Waals surface area contributed by atoms with Crippen molar-refractivity contribution in [3.05, 3.63) is 35.1 Å². The molecule has 0 unspecified atom stereocenters. The molecule has 0 radical (unpaired) electrons. The number of amides is 1. The first-order chi connectivity index (χ1) is 10.2. The average Bonchev–Trinajstić information content (AvgIpc) is 2.52. The molecule has 116 valence electrons. The molecule has 1 amide bonds. The van der Waals surface area contributed by atoms with Crippen LogP contribution >= 0.6 is 0 Å². The van der Waals surface area contributed by atoms with Gasteiger partial charge in [0.1, 0.15) is 5.82 Å². The molecule has 0 saturated carbocycles. The van der Waals surface area contributed by atoms with Crippen LogP contribution in [0.5, 0.6) is 0 Å². The standard InChI is InChI=1S/C16H22FNO3/c1-2-15-13(4-3-7-21-15)16(20)18-9-11-5-6-12(10-19)14(17)8-11/h5-6,8,13,15,19H,2-4,7,9-10H2,1H3,(H,18,20)/t13-,15+/m0/s1. The van der Waals surface area contributed by atoms with Gasteiger partial charge in [-0.3, -0.25) is 4.79 Å². The molecule has 1 aliphatic rings. The summed E-state index contributed by atoms with van der Waals surface area (Å²) in [5, 5.41) is 11.8. The molecule has 1 saturated heterocycles. The highest BCUT2D eigenvalue weighted by Gasteiger charge is 2.30. The minimum Gasteiger partial charge on any atom is -0.392 e. The van der Waals surface area contributed by atoms with Gasteiger partial charge in [-0.25, -0.2) is 4.39 Å². The maximum atomic E-state index is 13.6. The van der Waals surface area contributed by atoms with Gasteiger partial charge in [-0.15, -0.1) is 0 Å². The van der Waals surface area contributed by atoms with Crippen molar-refractivity contribution in [2.45, 2.75) is 45.4 Å². The van der Waals surface area contributed by atoms with Gasteiger partial charge in [-0.05, 0) is 30.9 Å². The van der Waals surface area contributed by atoms with E-state index in [0.717, 1.165) is 25.9 Å². The Hall–Kier alpha value is -1.46. The molecular formula is C16H22FNO3. The van der Waals surface area contributed by atoms with E-state index in [0.29, 0.717) is 5.56 Å². The van der Waals surface area contributed by atoms with Gasteiger partial charge >= 0.3 is 0 Å². The molecule has 2 N–H and O–H groups in total. The van der Waals surface area contributed by atoms with Crippen LogP contribution < -0.4 is 5.32 Å². The molecule has 1 aromatic rings. The van der Waals surface area contributed by atoms with E-state index in [1.165, 1.54) is 12.1 Å². The Balaban J connectivity index is 1.92. The van der Waals surface area contributed by atoms with Crippen molar-refractivity contribution in [1.82, 2.24) is 5.32 Å². The second-order valence-corrected chi connectivity index (χ2v) is 5.37. The number of halogens is 1. The smallest absolute Gasteiger partial charge is 0.225 e. The van der Waals surface area contributed by atoms with Gasteiger partial charge in [0.25, 0.3) is 0 Å². The zero-order chi connectivity index (χ0) is 15.2. The Kier molecular flexibility index (Phi) is 5.70. The SMILES string of the molecule is CC[C@H]1OCCC[C@@H]1C(=O)NCc1ccc(CO)c(F)c1. The zero-order valence-corrected chi connectivity index (χ0v) is 12.3. The third kappa shape index (κ3) is 4.02. The van der Waals surface area contributed by atoms with E-state index in [9.17, 15) is 9.18 Å². The quantitative estimate of drug-likeness (QED) is 0.875. The van der Waals surface area contributed by atoms with Crippen LogP contribution in [-0.4, -0.2) is 23.7 Å². The van der Waals surface area contributed by atoms with E-state index < -0.39 is 5.82 Å². The van der Waals surface area contributed by atoms with Crippen LogP contribution in [0, 0.1) is 11.7 Å². The molecular weight excluding hydrogens is 273 g/mol. The molecule has 4 nitrogen and oxygen atoms in total. The Morgan fingerprint density at radius 3 is 3.00 bits per heavy atom. The maximum absolute atomic E-state index is 13.6. The van der Waals surface area contributed by atoms with Crippen LogP contribution in [0.4, 0.5) is 4.39 Å². The molecule has 0 bridgehead atoms. The van der Waals surface area contributed by atoms with Crippen molar-refractivity contribution in [2.75, 3.05) is 6.61 Å². The lowest BCUT2D eigenvalue weighted by Crippen LogP contribution is -2.41. The molecule has 2 rings (SSSR count). The largest absolute Gasteiger partial charge is 0.392 e. The normalized spacial score (nSPS) is 22.0. The van der Waals surface area contributed by atoms with E-state index in [1.54, 1.807) is 6.07 Å². The van der Waals surface area contributed by atoms with Crippen molar-refractivity contribution in [2.24, 2.45) is 5.92 Å². The Morgan fingerprint density at radius 1 is 1.52 bits per heavy atom. The Labute approximate surface area is 124 Å². The number of hydrogen-bond donors (Lipinski definition) is 2. The first kappa shape index (κ1) is 15.9. The summed E-state index contributed by atoms with van der Waals surface area (Å²) in [4.78, 5) is 12.2. The van der Waals surface area contributed by atoms with Crippen molar-refractivity contribution < 1.29 is 19.0 Å². The van der Waals surface area contributed by atoms with E-state index in [1.807, 2.05) is 6.92 Å². The summed E-state index contributed by atoms with van der Waals surface area (Å²) in [6, 6.07) is 4.60. The van der Waals surface area contributed by atoms with Crippen LogP contribution in [-0.2, 0) is 22.7 Å². The van der Waals surface area contributed by atoms with Crippen molar-refractivity contribution in [1.29, 1.82) is 0 Å². The lowest BCUT2D eigenvalue weighted by Gasteiger charge is -2.30. The monoisotopic (exact) mass is 295 g/mol. The number of ether oxygens (including phenoxy) is 1. The van der Waals surface area contributed by atoms with E-state index in [4.69, 9.17) is 9.84 Å². The fourth-order valence-electron chi connectivity index (χ4n) is 2.69. The Bertz CT molecular complexity index is 492. The fraction of sp³-hybridized carbons (Fsp3) is 0.562. The van der Waals surface area contributed by atoms with E-state index in [2.05, 4.69) is 5.32 Å². The zero-order valence-electron chi connectivity index (χ0n) is 12.3. The van der Waals surface area contributed by atoms with Crippen LogP contribution in [0.1, 0.15) is 37.3 Å². The predicted molar refractivity (Wildman–Crippen MR) is 76.9 cm³/mol. The highest BCUT2D eigenvalue weighted by atomic mass is 19.1. The Morgan fingerprint density at radius 2 is 2.33 bits per heavy atom. The summed E-state index contributed by atoms with van der Waals surface area (Å²) in [5.74, 6) is -0.602. The highest BCUT2D eigenvalue weighted by molar-refractivity contribution is 5.79. The second kappa shape index (κ2) is 7.52. The van der Waals surface area contributed by atoms with Crippen molar-refractivity contribution in [3.8, 4) is 0 Å². The summed E-state index contributed by atoms with van der Waals surface area (Å²) >= 11 is 0. The van der Waals surface area contributed by atoms with E-state index >= 15 is 0 Å². The van der Waals surface area contributed by atoms with Gasteiger partial charge in [0.2, 0.25) is 5.91 Å².